The topological polar surface area (TPSA) is 91.2 Å². The lowest BCUT2D eigenvalue weighted by Crippen LogP contribution is -2.31. The van der Waals surface area contributed by atoms with E-state index in [1.54, 1.807) is 12.1 Å². The molecule has 1 heterocycles. The van der Waals surface area contributed by atoms with E-state index >= 15 is 0 Å². The van der Waals surface area contributed by atoms with E-state index in [9.17, 15) is 14.9 Å². The predicted octanol–water partition coefficient (Wildman–Crippen LogP) is 3.80. The summed E-state index contributed by atoms with van der Waals surface area (Å²) in [6, 6.07) is 18.8. The number of benzene rings is 2. The molecule has 7 heteroatoms. The molecule has 148 valence electrons. The average molecular weight is 407 g/mol. The lowest BCUT2D eigenvalue weighted by molar-refractivity contribution is -0.121. The van der Waals surface area contributed by atoms with E-state index < -0.39 is 0 Å². The van der Waals surface area contributed by atoms with Crippen molar-refractivity contribution in [2.75, 3.05) is 17.7 Å². The van der Waals surface area contributed by atoms with E-state index in [0.717, 1.165) is 23.1 Å². The molecule has 0 bridgehead atoms. The minimum atomic E-state index is -0.343. The summed E-state index contributed by atoms with van der Waals surface area (Å²) in [5.74, 6) is 0.110. The summed E-state index contributed by atoms with van der Waals surface area (Å²) in [7, 11) is 0. The van der Waals surface area contributed by atoms with Gasteiger partial charge in [-0.3, -0.25) is 9.59 Å². The summed E-state index contributed by atoms with van der Waals surface area (Å²) in [6.45, 7) is 2.48. The maximum Gasteiger partial charge on any atom is 0.234 e. The van der Waals surface area contributed by atoms with Gasteiger partial charge in [0.05, 0.1) is 29.0 Å². The Morgan fingerprint density at radius 3 is 2.62 bits per heavy atom. The molecular weight excluding hydrogens is 386 g/mol. The molecule has 1 atom stereocenters. The molecule has 1 aliphatic heterocycles. The van der Waals surface area contributed by atoms with Gasteiger partial charge in [0.1, 0.15) is 5.75 Å². The Morgan fingerprint density at radius 1 is 1.24 bits per heavy atom. The lowest BCUT2D eigenvalue weighted by atomic mass is 9.87. The first-order chi connectivity index (χ1) is 14.1. The number of nitrogens with one attached hydrogen (secondary N) is 2. The SMILES string of the molecule is CCOc1ccc([C@@H]2CC(=O)NC(SCC(=O)Nc3ccccc3)=C2C#N)cc1. The van der Waals surface area contributed by atoms with Gasteiger partial charge in [-0.25, -0.2) is 0 Å². The van der Waals surface area contributed by atoms with Crippen LogP contribution in [0.25, 0.3) is 0 Å². The molecule has 1 aliphatic rings. The van der Waals surface area contributed by atoms with E-state index in [0.29, 0.717) is 22.9 Å². The summed E-state index contributed by atoms with van der Waals surface area (Å²) < 4.78 is 5.45. The zero-order valence-corrected chi connectivity index (χ0v) is 16.8. The number of carbonyl (C=O) groups excluding carboxylic acids is 2. The van der Waals surface area contributed by atoms with E-state index in [-0.39, 0.29) is 29.9 Å². The van der Waals surface area contributed by atoms with Gasteiger partial charge in [0, 0.05) is 18.0 Å². The first kappa shape index (κ1) is 20.5. The van der Waals surface area contributed by atoms with Gasteiger partial charge >= 0.3 is 0 Å². The highest BCUT2D eigenvalue weighted by Gasteiger charge is 2.29. The Bertz CT molecular complexity index is 950. The van der Waals surface area contributed by atoms with Crippen LogP contribution in [0.15, 0.2) is 65.2 Å². The van der Waals surface area contributed by atoms with Gasteiger partial charge in [0.25, 0.3) is 0 Å². The molecule has 0 aromatic heterocycles. The molecule has 0 fully saturated rings. The van der Waals surface area contributed by atoms with Crippen molar-refractivity contribution in [2.45, 2.75) is 19.3 Å². The van der Waals surface area contributed by atoms with Crippen LogP contribution in [-0.2, 0) is 9.59 Å². The first-order valence-electron chi connectivity index (χ1n) is 9.25. The Hall–Kier alpha value is -3.24. The second-order valence-electron chi connectivity index (χ2n) is 6.36. The lowest BCUT2D eigenvalue weighted by Gasteiger charge is -2.25. The van der Waals surface area contributed by atoms with Gasteiger partial charge in [-0.1, -0.05) is 42.1 Å². The number of allylic oxidation sites excluding steroid dienone is 1. The van der Waals surface area contributed by atoms with Crippen LogP contribution in [0.5, 0.6) is 5.75 Å². The van der Waals surface area contributed by atoms with Gasteiger partial charge in [-0.15, -0.1) is 0 Å². The molecule has 0 aliphatic carbocycles. The highest BCUT2D eigenvalue weighted by Crippen LogP contribution is 2.36. The van der Waals surface area contributed by atoms with Crippen molar-refractivity contribution in [1.29, 1.82) is 5.26 Å². The van der Waals surface area contributed by atoms with E-state index in [1.165, 1.54) is 0 Å². The summed E-state index contributed by atoms with van der Waals surface area (Å²) in [4.78, 5) is 24.4. The minimum Gasteiger partial charge on any atom is -0.494 e. The number of amides is 2. The number of carbonyl (C=O) groups is 2. The number of anilines is 1. The highest BCUT2D eigenvalue weighted by atomic mass is 32.2. The molecule has 29 heavy (non-hydrogen) atoms. The van der Waals surface area contributed by atoms with E-state index in [4.69, 9.17) is 4.74 Å². The van der Waals surface area contributed by atoms with Gasteiger partial charge < -0.3 is 15.4 Å². The number of nitrogens with zero attached hydrogens (tertiary/aromatic N) is 1. The maximum atomic E-state index is 12.2. The highest BCUT2D eigenvalue weighted by molar-refractivity contribution is 8.03. The standard InChI is InChI=1S/C22H21N3O3S/c1-2-28-17-10-8-15(9-11-17)18-12-20(26)25-22(19(18)13-23)29-14-21(27)24-16-6-4-3-5-7-16/h3-11,18H,2,12,14H2,1H3,(H,24,27)(H,25,26)/t18-/m0/s1. The van der Waals surface area contributed by atoms with Crippen molar-refractivity contribution >= 4 is 29.3 Å². The van der Waals surface area contributed by atoms with Crippen molar-refractivity contribution in [3.05, 3.63) is 70.8 Å². The minimum absolute atomic E-state index is 0.0890. The zero-order chi connectivity index (χ0) is 20.6. The van der Waals surface area contributed by atoms with Crippen LogP contribution in [0, 0.1) is 11.3 Å². The molecule has 6 nitrogen and oxygen atoms in total. The fraction of sp³-hybridized carbons (Fsp3) is 0.227. The van der Waals surface area contributed by atoms with Crippen LogP contribution in [0.1, 0.15) is 24.8 Å². The summed E-state index contributed by atoms with van der Waals surface area (Å²) in [5.41, 5.74) is 2.03. The van der Waals surface area contributed by atoms with Crippen molar-refractivity contribution < 1.29 is 14.3 Å². The quantitative estimate of drug-likeness (QED) is 0.729. The third-order valence-corrected chi connectivity index (χ3v) is 5.37. The van der Waals surface area contributed by atoms with Crippen molar-refractivity contribution in [3.8, 4) is 11.8 Å². The maximum absolute atomic E-state index is 12.2. The Labute approximate surface area is 173 Å². The molecule has 2 aromatic rings. The third kappa shape index (κ3) is 5.39. The second-order valence-corrected chi connectivity index (χ2v) is 7.35. The molecule has 3 rings (SSSR count). The number of ether oxygens (including phenoxy) is 1. The Morgan fingerprint density at radius 2 is 1.97 bits per heavy atom. The summed E-state index contributed by atoms with van der Waals surface area (Å²) in [5, 5.41) is 15.7. The Balaban J connectivity index is 1.74. The number of hydrogen-bond donors (Lipinski definition) is 2. The first-order valence-corrected chi connectivity index (χ1v) is 10.2. The van der Waals surface area contributed by atoms with Crippen LogP contribution in [0.2, 0.25) is 0 Å². The van der Waals surface area contributed by atoms with E-state index in [2.05, 4.69) is 16.7 Å². The molecule has 0 radical (unpaired) electrons. The van der Waals surface area contributed by atoms with Gasteiger partial charge in [-0.2, -0.15) is 5.26 Å². The zero-order valence-electron chi connectivity index (χ0n) is 16.0. The second kappa shape index (κ2) is 9.80. The normalized spacial score (nSPS) is 16.0. The smallest absolute Gasteiger partial charge is 0.234 e. The van der Waals surface area contributed by atoms with Crippen LogP contribution in [0.3, 0.4) is 0 Å². The van der Waals surface area contributed by atoms with Crippen molar-refractivity contribution in [1.82, 2.24) is 5.32 Å². The molecule has 2 amide bonds. The summed E-state index contributed by atoms with van der Waals surface area (Å²) in [6.07, 6.45) is 0.192. The van der Waals surface area contributed by atoms with E-state index in [1.807, 2.05) is 49.4 Å². The molecule has 2 aromatic carbocycles. The number of thioether (sulfide) groups is 1. The molecule has 0 saturated carbocycles. The molecule has 2 N–H and O–H groups in total. The van der Waals surface area contributed by atoms with Crippen molar-refractivity contribution in [2.24, 2.45) is 0 Å². The largest absolute Gasteiger partial charge is 0.494 e. The van der Waals surface area contributed by atoms with Gasteiger partial charge in [0.15, 0.2) is 0 Å². The molecule has 0 spiro atoms. The monoisotopic (exact) mass is 407 g/mol. The van der Waals surface area contributed by atoms with Crippen molar-refractivity contribution in [3.63, 3.8) is 0 Å². The van der Waals surface area contributed by atoms with Crippen LogP contribution >= 0.6 is 11.8 Å². The Kier molecular flexibility index (Phi) is 6.93. The number of rotatable bonds is 7. The van der Waals surface area contributed by atoms with Gasteiger partial charge in [0.2, 0.25) is 11.8 Å². The van der Waals surface area contributed by atoms with Crippen LogP contribution in [-0.4, -0.2) is 24.2 Å². The number of para-hydroxylation sites is 1. The van der Waals surface area contributed by atoms with Crippen LogP contribution < -0.4 is 15.4 Å². The average Bonchev–Trinajstić information content (AvgIpc) is 2.73. The fourth-order valence-electron chi connectivity index (χ4n) is 3.04. The molecule has 0 unspecified atom stereocenters. The third-order valence-electron chi connectivity index (χ3n) is 4.35. The predicted molar refractivity (Wildman–Crippen MR) is 113 cm³/mol. The number of nitriles is 1. The van der Waals surface area contributed by atoms with Gasteiger partial charge in [-0.05, 0) is 36.8 Å². The molecular formula is C22H21N3O3S. The van der Waals surface area contributed by atoms with Crippen LogP contribution in [0.4, 0.5) is 5.69 Å². The number of hydrogen-bond acceptors (Lipinski definition) is 5. The fourth-order valence-corrected chi connectivity index (χ4v) is 3.91. The summed E-state index contributed by atoms with van der Waals surface area (Å²) >= 11 is 1.16. The molecule has 0 saturated heterocycles.